The van der Waals surface area contributed by atoms with E-state index in [9.17, 15) is 8.94 Å². The second-order valence-corrected chi connectivity index (χ2v) is 7.75. The summed E-state index contributed by atoms with van der Waals surface area (Å²) in [5.74, 6) is -0.375. The first-order valence-corrected chi connectivity index (χ1v) is 7.81. The molecule has 1 aromatic rings. The van der Waals surface area contributed by atoms with Gasteiger partial charge in [0.2, 0.25) is 0 Å². The minimum absolute atomic E-state index is 0.0438. The molecule has 0 bridgehead atoms. The average Bonchev–Trinajstić information content (AvgIpc) is 2.36. The minimum atomic E-state index is -1.27. The van der Waals surface area contributed by atoms with Gasteiger partial charge >= 0.3 is 0 Å². The first-order valence-electron chi connectivity index (χ1n) is 6.66. The van der Waals surface area contributed by atoms with Gasteiger partial charge in [0.25, 0.3) is 0 Å². The monoisotopic (exact) mass is 302 g/mol. The maximum absolute atomic E-state index is 13.6. The molecule has 20 heavy (non-hydrogen) atoms. The highest BCUT2D eigenvalue weighted by atomic mass is 32.2. The number of aryl methyl sites for hydroxylation is 1. The summed E-state index contributed by atoms with van der Waals surface area (Å²) in [6.45, 7) is 7.25. The van der Waals surface area contributed by atoms with Crippen LogP contribution in [0.25, 0.3) is 0 Å². The summed E-state index contributed by atoms with van der Waals surface area (Å²) >= 11 is -1.27. The molecule has 6 heteroatoms. The standard InChI is InChI=1S/C14H23FN2O2S/c1-10-12(15)8-11(9-16-10)13(6-5-7-18)17-20(19)14(2,3)4/h8-9,13,17-18H,5-7H2,1-4H3/t13-,20?/m0/s1. The molecule has 1 unspecified atom stereocenters. The number of halogens is 1. The van der Waals surface area contributed by atoms with Crippen LogP contribution in [0, 0.1) is 12.7 Å². The highest BCUT2D eigenvalue weighted by Gasteiger charge is 2.30. The summed E-state index contributed by atoms with van der Waals surface area (Å²) in [4.78, 5) is 4.00. The molecule has 2 atom stereocenters. The Labute approximate surface area is 123 Å². The van der Waals surface area contributed by atoms with Crippen LogP contribution < -0.4 is 4.72 Å². The van der Waals surface area contributed by atoms with Crippen molar-refractivity contribution in [3.63, 3.8) is 0 Å². The Bertz CT molecular complexity index is 438. The third-order valence-corrected chi connectivity index (χ3v) is 4.52. The normalized spacial score (nSPS) is 15.2. The summed E-state index contributed by atoms with van der Waals surface area (Å²) in [6, 6.07) is 1.13. The van der Waals surface area contributed by atoms with E-state index in [2.05, 4.69) is 9.71 Å². The van der Waals surface area contributed by atoms with Crippen LogP contribution in [-0.2, 0) is 11.4 Å². The number of pyridine rings is 1. The van der Waals surface area contributed by atoms with Crippen molar-refractivity contribution in [3.8, 4) is 0 Å². The topological polar surface area (TPSA) is 68.2 Å². The zero-order valence-corrected chi connectivity index (χ0v) is 13.3. The summed E-state index contributed by atoms with van der Waals surface area (Å²) in [6.07, 6.45) is 2.71. The van der Waals surface area contributed by atoms with Gasteiger partial charge in [-0.2, -0.15) is 0 Å². The smallest absolute Gasteiger partial charge is 0.144 e. The van der Waals surface area contributed by atoms with Crippen LogP contribution in [0.5, 0.6) is 0 Å². The molecule has 0 aromatic carbocycles. The molecule has 0 saturated heterocycles. The Hall–Kier alpha value is -0.690. The first-order chi connectivity index (χ1) is 9.25. The lowest BCUT2D eigenvalue weighted by atomic mass is 10.0. The first kappa shape index (κ1) is 17.4. The van der Waals surface area contributed by atoms with Crippen LogP contribution in [0.3, 0.4) is 0 Å². The molecule has 114 valence electrons. The number of aromatic nitrogens is 1. The van der Waals surface area contributed by atoms with E-state index < -0.39 is 16.1 Å². The molecule has 0 aliphatic rings. The average molecular weight is 302 g/mol. The van der Waals surface area contributed by atoms with Crippen LogP contribution in [0.2, 0.25) is 0 Å². The lowest BCUT2D eigenvalue weighted by molar-refractivity contribution is 0.278. The van der Waals surface area contributed by atoms with Crippen LogP contribution in [0.1, 0.15) is 50.9 Å². The maximum atomic E-state index is 13.6. The van der Waals surface area contributed by atoms with Gasteiger partial charge in [-0.15, -0.1) is 4.72 Å². The van der Waals surface area contributed by atoms with Crippen molar-refractivity contribution in [1.29, 1.82) is 0 Å². The second-order valence-electron chi connectivity index (χ2n) is 5.75. The molecule has 0 saturated carbocycles. The van der Waals surface area contributed by atoms with Crippen molar-refractivity contribution in [1.82, 2.24) is 9.71 Å². The van der Waals surface area contributed by atoms with Crippen molar-refractivity contribution < 1.29 is 14.0 Å². The quantitative estimate of drug-likeness (QED) is 0.792. The zero-order valence-electron chi connectivity index (χ0n) is 12.4. The Morgan fingerprint density at radius 3 is 2.65 bits per heavy atom. The summed E-state index contributed by atoms with van der Waals surface area (Å²) in [5.41, 5.74) is 0.991. The molecule has 4 nitrogen and oxygen atoms in total. The van der Waals surface area contributed by atoms with Crippen molar-refractivity contribution in [2.45, 2.75) is 51.3 Å². The number of hydrogen-bond donors (Lipinski definition) is 2. The third kappa shape index (κ3) is 5.01. The Balaban J connectivity index is 2.90. The molecule has 1 aromatic heterocycles. The molecule has 1 heterocycles. The van der Waals surface area contributed by atoms with Gasteiger partial charge in [0.05, 0.1) is 11.7 Å². The predicted molar refractivity (Wildman–Crippen MR) is 79.0 cm³/mol. The number of nitrogens with one attached hydrogen (secondary N) is 1. The summed E-state index contributed by atoms with van der Waals surface area (Å²) < 4.78 is 28.4. The molecule has 2 N–H and O–H groups in total. The van der Waals surface area contributed by atoms with Gasteiger partial charge in [-0.1, -0.05) is 0 Å². The Morgan fingerprint density at radius 2 is 2.15 bits per heavy atom. The van der Waals surface area contributed by atoms with Gasteiger partial charge in [-0.25, -0.2) is 4.39 Å². The number of aliphatic hydroxyl groups excluding tert-OH is 1. The van der Waals surface area contributed by atoms with Crippen molar-refractivity contribution >= 4 is 11.4 Å². The Morgan fingerprint density at radius 1 is 1.50 bits per heavy atom. The van der Waals surface area contributed by atoms with Gasteiger partial charge in [0.1, 0.15) is 10.6 Å². The molecular formula is C14H23FN2O2S. The molecule has 0 spiro atoms. The fraction of sp³-hybridized carbons (Fsp3) is 0.643. The number of aliphatic hydroxyl groups is 1. The van der Waals surface area contributed by atoms with E-state index in [0.717, 1.165) is 0 Å². The lowest BCUT2D eigenvalue weighted by Crippen LogP contribution is -2.41. The van der Waals surface area contributed by atoms with Crippen LogP contribution in [0.4, 0.5) is 4.39 Å². The predicted octanol–water partition coefficient (Wildman–Crippen LogP) is 2.39. The number of rotatable bonds is 6. The highest BCUT2D eigenvalue weighted by molar-refractivity contribution is 7.90. The van der Waals surface area contributed by atoms with Crippen molar-refractivity contribution in [2.75, 3.05) is 6.61 Å². The van der Waals surface area contributed by atoms with Crippen LogP contribution in [0.15, 0.2) is 12.3 Å². The van der Waals surface area contributed by atoms with E-state index in [4.69, 9.17) is 5.11 Å². The van der Waals surface area contributed by atoms with Crippen LogP contribution >= 0.6 is 0 Å². The van der Waals surface area contributed by atoms with E-state index in [0.29, 0.717) is 24.1 Å². The lowest BCUT2D eigenvalue weighted by Gasteiger charge is -2.28. The SMILES string of the molecule is Cc1ncc([C@H](CCCO)N[S+]([O-])C(C)(C)C)cc1F. The van der Waals surface area contributed by atoms with Crippen LogP contribution in [-0.4, -0.2) is 26.0 Å². The molecule has 0 aliphatic heterocycles. The molecule has 0 fully saturated rings. The van der Waals surface area contributed by atoms with Crippen molar-refractivity contribution in [3.05, 3.63) is 29.3 Å². The highest BCUT2D eigenvalue weighted by Crippen LogP contribution is 2.24. The fourth-order valence-corrected chi connectivity index (χ4v) is 2.47. The van der Waals surface area contributed by atoms with Gasteiger partial charge in [-0.05, 0) is 52.2 Å². The van der Waals surface area contributed by atoms with Gasteiger partial charge in [0, 0.05) is 24.2 Å². The van der Waals surface area contributed by atoms with E-state index in [1.54, 1.807) is 13.1 Å². The third-order valence-electron chi connectivity index (χ3n) is 2.91. The fourth-order valence-electron chi connectivity index (χ4n) is 1.61. The van der Waals surface area contributed by atoms with Gasteiger partial charge in [0.15, 0.2) is 0 Å². The molecule has 0 radical (unpaired) electrons. The molecule has 0 aliphatic carbocycles. The van der Waals surface area contributed by atoms with Crippen molar-refractivity contribution in [2.24, 2.45) is 0 Å². The van der Waals surface area contributed by atoms with E-state index >= 15 is 0 Å². The molecule has 0 amide bonds. The largest absolute Gasteiger partial charge is 0.598 e. The Kier molecular flexibility index (Phi) is 6.39. The number of nitrogens with zero attached hydrogens (tertiary/aromatic N) is 1. The molecular weight excluding hydrogens is 279 g/mol. The summed E-state index contributed by atoms with van der Waals surface area (Å²) in [5, 5.41) is 8.96. The maximum Gasteiger partial charge on any atom is 0.144 e. The van der Waals surface area contributed by atoms with E-state index in [-0.39, 0.29) is 18.5 Å². The van der Waals surface area contributed by atoms with E-state index in [1.807, 2.05) is 20.8 Å². The molecule has 1 rings (SSSR count). The minimum Gasteiger partial charge on any atom is -0.598 e. The summed E-state index contributed by atoms with van der Waals surface area (Å²) in [7, 11) is 0. The second kappa shape index (κ2) is 7.36. The zero-order chi connectivity index (χ0) is 15.3. The van der Waals surface area contributed by atoms with Gasteiger partial charge in [-0.3, -0.25) is 4.98 Å². The van der Waals surface area contributed by atoms with Gasteiger partial charge < -0.3 is 9.66 Å². The van der Waals surface area contributed by atoms with E-state index in [1.165, 1.54) is 6.07 Å². The number of hydrogen-bond acceptors (Lipinski definition) is 4.